The third-order valence-corrected chi connectivity index (χ3v) is 7.89. The molecule has 1 aliphatic rings. The van der Waals surface area contributed by atoms with E-state index >= 15 is 0 Å². The van der Waals surface area contributed by atoms with Gasteiger partial charge in [-0.2, -0.15) is 0 Å². The minimum atomic E-state index is -0.876. The van der Waals surface area contributed by atoms with E-state index in [4.69, 9.17) is 9.47 Å². The average Bonchev–Trinajstić information content (AvgIpc) is 3.42. The molecule has 2 atom stereocenters. The van der Waals surface area contributed by atoms with Crippen LogP contribution in [0.25, 0.3) is 0 Å². The Kier molecular flexibility index (Phi) is 8.53. The van der Waals surface area contributed by atoms with Gasteiger partial charge in [0.15, 0.2) is 6.10 Å². The van der Waals surface area contributed by atoms with Crippen molar-refractivity contribution in [3.05, 3.63) is 126 Å². The van der Waals surface area contributed by atoms with E-state index in [-0.39, 0.29) is 30.1 Å². The Morgan fingerprint density at radius 2 is 1.36 bits per heavy atom. The van der Waals surface area contributed by atoms with Crippen LogP contribution in [0.2, 0.25) is 0 Å². The van der Waals surface area contributed by atoms with Crippen molar-refractivity contribution in [2.45, 2.75) is 45.1 Å². The van der Waals surface area contributed by atoms with Crippen molar-refractivity contribution in [3.8, 4) is 11.5 Å². The largest absolute Gasteiger partial charge is 0.457 e. The Morgan fingerprint density at radius 1 is 0.810 bits per heavy atom. The predicted molar refractivity (Wildman–Crippen MR) is 163 cm³/mol. The van der Waals surface area contributed by atoms with E-state index in [2.05, 4.69) is 50.2 Å². The van der Waals surface area contributed by atoms with Crippen molar-refractivity contribution in [1.82, 2.24) is 0 Å². The van der Waals surface area contributed by atoms with Crippen LogP contribution in [0, 0.1) is 5.92 Å². The van der Waals surface area contributed by atoms with Crippen LogP contribution >= 0.6 is 0 Å². The fourth-order valence-corrected chi connectivity index (χ4v) is 5.25. The number of ketones is 1. The van der Waals surface area contributed by atoms with Gasteiger partial charge >= 0.3 is 5.97 Å². The van der Waals surface area contributed by atoms with E-state index in [1.54, 1.807) is 36.1 Å². The number of carbonyl (C=O) groups is 3. The van der Waals surface area contributed by atoms with Crippen LogP contribution in [0.4, 0.5) is 5.69 Å². The van der Waals surface area contributed by atoms with E-state index in [0.717, 1.165) is 0 Å². The van der Waals surface area contributed by atoms with Crippen molar-refractivity contribution < 1.29 is 23.9 Å². The molecule has 1 fully saturated rings. The number of nitrogens with zero attached hydrogens (tertiary/aromatic N) is 1. The Balaban J connectivity index is 1.19. The SMILES string of the molecule is CC[C@H](OC(=O)[C@@H]1CC(=O)N(c2ccc(Oc3ccc(C(C)(C)c4ccccc4)cc3)cc2)C1)C(=O)c1ccccc1. The fraction of sp³-hybridized carbons (Fsp3) is 0.250. The first-order valence-electron chi connectivity index (χ1n) is 14.3. The molecule has 214 valence electrons. The number of hydrogen-bond donors (Lipinski definition) is 0. The zero-order chi connectivity index (χ0) is 29.7. The Morgan fingerprint density at radius 3 is 1.95 bits per heavy atom. The van der Waals surface area contributed by atoms with Crippen LogP contribution in [0.5, 0.6) is 11.5 Å². The summed E-state index contributed by atoms with van der Waals surface area (Å²) < 4.78 is 11.6. The summed E-state index contributed by atoms with van der Waals surface area (Å²) in [7, 11) is 0. The molecule has 1 saturated heterocycles. The number of anilines is 1. The second-order valence-electron chi connectivity index (χ2n) is 11.1. The average molecular weight is 562 g/mol. The molecule has 6 nitrogen and oxygen atoms in total. The number of Topliss-reactive ketones (excluding diaryl/α,β-unsaturated/α-hetero) is 1. The quantitative estimate of drug-likeness (QED) is 0.149. The Labute approximate surface area is 246 Å². The maximum Gasteiger partial charge on any atom is 0.312 e. The Bertz CT molecular complexity index is 1530. The van der Waals surface area contributed by atoms with Gasteiger partial charge in [-0.15, -0.1) is 0 Å². The number of esters is 1. The van der Waals surface area contributed by atoms with Crippen molar-refractivity contribution >= 4 is 23.3 Å². The van der Waals surface area contributed by atoms with Crippen LogP contribution in [0.1, 0.15) is 55.1 Å². The molecule has 1 aliphatic heterocycles. The third-order valence-electron chi connectivity index (χ3n) is 7.89. The number of benzene rings is 4. The molecular formula is C36H35NO5. The number of rotatable bonds is 10. The highest BCUT2D eigenvalue weighted by atomic mass is 16.5. The molecule has 1 amide bonds. The van der Waals surface area contributed by atoms with E-state index in [1.807, 2.05) is 48.5 Å². The minimum absolute atomic E-state index is 0.0404. The van der Waals surface area contributed by atoms with E-state index in [1.165, 1.54) is 11.1 Å². The predicted octanol–water partition coefficient (Wildman–Crippen LogP) is 7.36. The fourth-order valence-electron chi connectivity index (χ4n) is 5.25. The smallest absolute Gasteiger partial charge is 0.312 e. The molecule has 6 heteroatoms. The lowest BCUT2D eigenvalue weighted by molar-refractivity contribution is -0.151. The second-order valence-corrected chi connectivity index (χ2v) is 11.1. The van der Waals surface area contributed by atoms with E-state index < -0.39 is 18.0 Å². The molecule has 4 aromatic rings. The lowest BCUT2D eigenvalue weighted by atomic mass is 9.78. The van der Waals surface area contributed by atoms with Gasteiger partial charge in [0.25, 0.3) is 0 Å². The maximum atomic E-state index is 12.9. The van der Waals surface area contributed by atoms with E-state index in [0.29, 0.717) is 29.2 Å². The van der Waals surface area contributed by atoms with Gasteiger partial charge in [-0.05, 0) is 53.9 Å². The molecule has 0 N–H and O–H groups in total. The summed E-state index contributed by atoms with van der Waals surface area (Å²) >= 11 is 0. The molecule has 4 aromatic carbocycles. The Hall–Kier alpha value is -4.71. The summed E-state index contributed by atoms with van der Waals surface area (Å²) in [6.45, 7) is 6.40. The summed E-state index contributed by atoms with van der Waals surface area (Å²) in [4.78, 5) is 40.1. The van der Waals surface area contributed by atoms with Gasteiger partial charge in [0.05, 0.1) is 5.92 Å². The molecule has 0 bridgehead atoms. The summed E-state index contributed by atoms with van der Waals surface area (Å²) in [5.74, 6) is -0.208. The standard InChI is InChI=1S/C36H35NO5/c1-4-32(34(39)25-11-7-5-8-12-25)42-35(40)26-23-33(38)37(24-26)29-17-21-31(22-18-29)41-30-19-15-28(16-20-30)36(2,3)27-13-9-6-10-14-27/h5-22,26,32H,4,23-24H2,1-3H3/t26-,32+/m1/s1. The molecule has 1 heterocycles. The molecule has 0 radical (unpaired) electrons. The topological polar surface area (TPSA) is 72.9 Å². The first kappa shape index (κ1) is 28.8. The number of amides is 1. The lowest BCUT2D eigenvalue weighted by Crippen LogP contribution is -2.31. The molecule has 0 aromatic heterocycles. The summed E-state index contributed by atoms with van der Waals surface area (Å²) in [5.41, 5.74) is 3.47. The molecule has 42 heavy (non-hydrogen) atoms. The summed E-state index contributed by atoms with van der Waals surface area (Å²) in [5, 5.41) is 0. The van der Waals surface area contributed by atoms with Gasteiger partial charge in [-0.25, -0.2) is 0 Å². The van der Waals surface area contributed by atoms with Crippen LogP contribution < -0.4 is 9.64 Å². The van der Waals surface area contributed by atoms with Crippen LogP contribution in [-0.4, -0.2) is 30.3 Å². The summed E-state index contributed by atoms with van der Waals surface area (Å²) in [6.07, 6.45) is -0.476. The normalized spacial score (nSPS) is 15.7. The van der Waals surface area contributed by atoms with Crippen LogP contribution in [0.15, 0.2) is 109 Å². The maximum absolute atomic E-state index is 12.9. The van der Waals surface area contributed by atoms with Crippen LogP contribution in [-0.2, 0) is 19.7 Å². The van der Waals surface area contributed by atoms with Gasteiger partial charge in [0.1, 0.15) is 11.5 Å². The zero-order valence-electron chi connectivity index (χ0n) is 24.2. The van der Waals surface area contributed by atoms with Gasteiger partial charge in [0, 0.05) is 29.6 Å². The monoisotopic (exact) mass is 561 g/mol. The molecule has 0 unspecified atom stereocenters. The molecule has 5 rings (SSSR count). The first-order valence-corrected chi connectivity index (χ1v) is 14.3. The lowest BCUT2D eigenvalue weighted by Gasteiger charge is -2.26. The van der Waals surface area contributed by atoms with Gasteiger partial charge < -0.3 is 14.4 Å². The van der Waals surface area contributed by atoms with Crippen LogP contribution in [0.3, 0.4) is 0 Å². The zero-order valence-corrected chi connectivity index (χ0v) is 24.2. The van der Waals surface area contributed by atoms with E-state index in [9.17, 15) is 14.4 Å². The van der Waals surface area contributed by atoms with Gasteiger partial charge in [-0.1, -0.05) is 93.6 Å². The van der Waals surface area contributed by atoms with Gasteiger partial charge in [-0.3, -0.25) is 14.4 Å². The number of hydrogen-bond acceptors (Lipinski definition) is 5. The molecule has 0 spiro atoms. The molecular weight excluding hydrogens is 526 g/mol. The number of ether oxygens (including phenoxy) is 2. The number of carbonyl (C=O) groups excluding carboxylic acids is 3. The first-order chi connectivity index (χ1) is 20.3. The van der Waals surface area contributed by atoms with Gasteiger partial charge in [0.2, 0.25) is 11.7 Å². The van der Waals surface area contributed by atoms with Crippen molar-refractivity contribution in [2.75, 3.05) is 11.4 Å². The van der Waals surface area contributed by atoms with Crippen molar-refractivity contribution in [3.63, 3.8) is 0 Å². The highest BCUT2D eigenvalue weighted by Gasteiger charge is 2.38. The van der Waals surface area contributed by atoms with Crippen molar-refractivity contribution in [2.24, 2.45) is 5.92 Å². The summed E-state index contributed by atoms with van der Waals surface area (Å²) in [6, 6.07) is 34.5. The highest BCUT2D eigenvalue weighted by molar-refractivity contribution is 6.02. The molecule has 0 aliphatic carbocycles. The van der Waals surface area contributed by atoms with Crippen molar-refractivity contribution in [1.29, 1.82) is 0 Å². The third kappa shape index (κ3) is 6.28. The molecule has 0 saturated carbocycles. The highest BCUT2D eigenvalue weighted by Crippen LogP contribution is 2.34. The minimum Gasteiger partial charge on any atom is -0.457 e. The second kappa shape index (κ2) is 12.4.